The predicted octanol–water partition coefficient (Wildman–Crippen LogP) is 2.79. The molecule has 0 amide bonds. The number of sulfonamides is 1. The van der Waals surface area contributed by atoms with Crippen molar-refractivity contribution in [1.29, 1.82) is 0 Å². The summed E-state index contributed by atoms with van der Waals surface area (Å²) in [6, 6.07) is 6.56. The Kier molecular flexibility index (Phi) is 7.78. The Balaban J connectivity index is 2.35. The van der Waals surface area contributed by atoms with E-state index in [9.17, 15) is 23.6 Å². The number of nitro groups is 1. The number of phenolic OH excluding ortho intramolecular Hbond substituents is 1. The molecule has 0 aliphatic heterocycles. The van der Waals surface area contributed by atoms with E-state index in [1.54, 1.807) is 13.8 Å². The van der Waals surface area contributed by atoms with Crippen LogP contribution in [0.1, 0.15) is 19.4 Å². The molecule has 168 valence electrons. The molecule has 0 aromatic heterocycles. The van der Waals surface area contributed by atoms with E-state index in [4.69, 9.17) is 9.47 Å². The van der Waals surface area contributed by atoms with Crippen molar-refractivity contribution in [1.82, 2.24) is 4.31 Å². The predicted molar refractivity (Wildman–Crippen MR) is 116 cm³/mol. The summed E-state index contributed by atoms with van der Waals surface area (Å²) in [7, 11) is -1.09. The molecule has 31 heavy (non-hydrogen) atoms. The summed E-state index contributed by atoms with van der Waals surface area (Å²) in [6.07, 6.45) is 1.34. The number of methoxy groups -OCH3 is 2. The van der Waals surface area contributed by atoms with Crippen LogP contribution < -0.4 is 14.9 Å². The van der Waals surface area contributed by atoms with Gasteiger partial charge in [-0.1, -0.05) is 13.8 Å². The molecule has 0 aliphatic rings. The second kappa shape index (κ2) is 10.1. The third kappa shape index (κ3) is 5.22. The maximum Gasteiger partial charge on any atom is 0.295 e. The molecule has 0 bridgehead atoms. The Hall–Kier alpha value is -3.38. The Bertz CT molecular complexity index is 1060. The number of rotatable bonds is 10. The summed E-state index contributed by atoms with van der Waals surface area (Å²) in [5, 5.41) is 25.4. The van der Waals surface area contributed by atoms with Crippen molar-refractivity contribution in [2.45, 2.75) is 18.7 Å². The van der Waals surface area contributed by atoms with Crippen LogP contribution in [0.5, 0.6) is 17.2 Å². The van der Waals surface area contributed by atoms with Crippen LogP contribution in [-0.4, -0.2) is 56.3 Å². The minimum Gasteiger partial charge on any atom is -0.502 e. The van der Waals surface area contributed by atoms with Crippen LogP contribution in [0.25, 0.3) is 0 Å². The normalized spacial score (nSPS) is 11.6. The fourth-order valence-electron chi connectivity index (χ4n) is 2.79. The Morgan fingerprint density at radius 2 is 1.74 bits per heavy atom. The summed E-state index contributed by atoms with van der Waals surface area (Å²) >= 11 is 0. The molecule has 2 aromatic rings. The van der Waals surface area contributed by atoms with Crippen molar-refractivity contribution < 1.29 is 27.9 Å². The Labute approximate surface area is 180 Å². The summed E-state index contributed by atoms with van der Waals surface area (Å²) in [6.45, 7) is 3.87. The number of benzene rings is 2. The lowest BCUT2D eigenvalue weighted by molar-refractivity contribution is -0.384. The zero-order valence-electron chi connectivity index (χ0n) is 17.5. The minimum absolute atomic E-state index is 0.0115. The van der Waals surface area contributed by atoms with Crippen LogP contribution in [0.2, 0.25) is 0 Å². The van der Waals surface area contributed by atoms with Gasteiger partial charge in [0.15, 0.2) is 11.5 Å². The van der Waals surface area contributed by atoms with Gasteiger partial charge in [0.25, 0.3) is 5.69 Å². The number of aromatic hydroxyl groups is 1. The van der Waals surface area contributed by atoms with Crippen LogP contribution in [0.4, 0.5) is 11.4 Å². The molecule has 0 unspecified atom stereocenters. The lowest BCUT2D eigenvalue weighted by Crippen LogP contribution is -2.30. The number of nitro benzene ring substituents is 1. The highest BCUT2D eigenvalue weighted by Crippen LogP contribution is 2.36. The second-order valence-corrected chi connectivity index (χ2v) is 8.11. The van der Waals surface area contributed by atoms with Crippen LogP contribution in [0, 0.1) is 10.1 Å². The number of hydrazone groups is 1. The standard InChI is InChI=1S/C19H24N4O7S/c1-5-22(6-2)31(27,28)14-7-8-15(16(11-14)23(25)26)21-20-12-13-9-17(29-3)19(24)18(10-13)30-4/h7-12,21,24H,5-6H2,1-4H3/b20-12+. The number of hydrogen-bond donors (Lipinski definition) is 2. The molecular formula is C19H24N4O7S. The van der Waals surface area contributed by atoms with Gasteiger partial charge in [0.05, 0.1) is 30.3 Å². The van der Waals surface area contributed by atoms with E-state index in [1.807, 2.05) is 0 Å². The molecule has 0 heterocycles. The monoisotopic (exact) mass is 452 g/mol. The average Bonchev–Trinajstić information content (AvgIpc) is 2.75. The lowest BCUT2D eigenvalue weighted by Gasteiger charge is -2.18. The van der Waals surface area contributed by atoms with Gasteiger partial charge in [-0.3, -0.25) is 15.5 Å². The van der Waals surface area contributed by atoms with Gasteiger partial charge in [-0.2, -0.15) is 9.41 Å². The third-order valence-corrected chi connectivity index (χ3v) is 6.46. The van der Waals surface area contributed by atoms with Gasteiger partial charge in [-0.25, -0.2) is 8.42 Å². The van der Waals surface area contributed by atoms with E-state index in [0.29, 0.717) is 5.56 Å². The molecule has 12 heteroatoms. The van der Waals surface area contributed by atoms with Crippen LogP contribution >= 0.6 is 0 Å². The molecule has 2 rings (SSSR count). The SMILES string of the molecule is CCN(CC)S(=O)(=O)c1ccc(N/N=C/c2cc(OC)c(O)c(OC)c2)c([N+](=O)[O-])c1. The molecule has 0 aliphatic carbocycles. The van der Waals surface area contributed by atoms with Crippen molar-refractivity contribution in [3.63, 3.8) is 0 Å². The van der Waals surface area contributed by atoms with Crippen molar-refractivity contribution in [3.05, 3.63) is 46.0 Å². The van der Waals surface area contributed by atoms with Gasteiger partial charge in [-0.15, -0.1) is 0 Å². The first-order valence-corrected chi connectivity index (χ1v) is 10.7. The quantitative estimate of drug-likeness (QED) is 0.318. The molecule has 0 saturated carbocycles. The van der Waals surface area contributed by atoms with Gasteiger partial charge in [-0.05, 0) is 24.3 Å². The molecule has 11 nitrogen and oxygen atoms in total. The van der Waals surface area contributed by atoms with E-state index in [0.717, 1.165) is 6.07 Å². The molecule has 0 fully saturated rings. The van der Waals surface area contributed by atoms with Gasteiger partial charge >= 0.3 is 0 Å². The number of ether oxygens (including phenoxy) is 2. The number of hydrogen-bond acceptors (Lipinski definition) is 9. The molecule has 0 radical (unpaired) electrons. The first kappa shape index (κ1) is 23.9. The highest BCUT2D eigenvalue weighted by atomic mass is 32.2. The highest BCUT2D eigenvalue weighted by Gasteiger charge is 2.25. The smallest absolute Gasteiger partial charge is 0.295 e. The molecule has 2 aromatic carbocycles. The van der Waals surface area contributed by atoms with Crippen LogP contribution in [0.3, 0.4) is 0 Å². The van der Waals surface area contributed by atoms with E-state index >= 15 is 0 Å². The molecule has 0 atom stereocenters. The fourth-order valence-corrected chi connectivity index (χ4v) is 4.27. The van der Waals surface area contributed by atoms with Crippen LogP contribution in [0.15, 0.2) is 40.3 Å². The summed E-state index contributed by atoms with van der Waals surface area (Å²) < 4.78 is 36.6. The summed E-state index contributed by atoms with van der Waals surface area (Å²) in [5.41, 5.74) is 2.60. The van der Waals surface area contributed by atoms with E-state index in [1.165, 1.54) is 49.0 Å². The highest BCUT2D eigenvalue weighted by molar-refractivity contribution is 7.89. The molecule has 2 N–H and O–H groups in total. The third-order valence-electron chi connectivity index (χ3n) is 4.41. The summed E-state index contributed by atoms with van der Waals surface area (Å²) in [5.74, 6) is 0.159. The first-order chi connectivity index (χ1) is 14.7. The average molecular weight is 452 g/mol. The van der Waals surface area contributed by atoms with Crippen molar-refractivity contribution in [3.8, 4) is 17.2 Å². The fraction of sp³-hybridized carbons (Fsp3) is 0.316. The van der Waals surface area contributed by atoms with Gasteiger partial charge < -0.3 is 14.6 Å². The Morgan fingerprint density at radius 3 is 2.23 bits per heavy atom. The van der Waals surface area contributed by atoms with Crippen molar-refractivity contribution in [2.75, 3.05) is 32.7 Å². The molecular weight excluding hydrogens is 428 g/mol. The Morgan fingerprint density at radius 1 is 1.16 bits per heavy atom. The topological polar surface area (TPSA) is 144 Å². The second-order valence-electron chi connectivity index (χ2n) is 6.17. The number of nitrogens with one attached hydrogen (secondary N) is 1. The largest absolute Gasteiger partial charge is 0.502 e. The van der Waals surface area contributed by atoms with E-state index in [-0.39, 0.29) is 40.9 Å². The minimum atomic E-state index is -3.85. The number of nitrogens with zero attached hydrogens (tertiary/aromatic N) is 3. The molecule has 0 saturated heterocycles. The van der Waals surface area contributed by atoms with Crippen molar-refractivity contribution in [2.24, 2.45) is 5.10 Å². The number of anilines is 1. The summed E-state index contributed by atoms with van der Waals surface area (Å²) in [4.78, 5) is 10.6. The zero-order chi connectivity index (χ0) is 23.2. The van der Waals surface area contributed by atoms with Gasteiger partial charge in [0.2, 0.25) is 15.8 Å². The maximum atomic E-state index is 12.6. The zero-order valence-corrected chi connectivity index (χ0v) is 18.3. The van der Waals surface area contributed by atoms with Crippen LogP contribution in [-0.2, 0) is 10.0 Å². The van der Waals surface area contributed by atoms with Gasteiger partial charge in [0.1, 0.15) is 5.69 Å². The van der Waals surface area contributed by atoms with Gasteiger partial charge in [0, 0.05) is 24.7 Å². The number of phenols is 1. The maximum absolute atomic E-state index is 12.6. The van der Waals surface area contributed by atoms with Crippen molar-refractivity contribution >= 4 is 27.6 Å². The molecule has 0 spiro atoms. The van der Waals surface area contributed by atoms with E-state index < -0.39 is 20.6 Å². The van der Waals surface area contributed by atoms with E-state index in [2.05, 4.69) is 10.5 Å². The lowest BCUT2D eigenvalue weighted by atomic mass is 10.2. The first-order valence-electron chi connectivity index (χ1n) is 9.22.